The summed E-state index contributed by atoms with van der Waals surface area (Å²) in [4.78, 5) is 28.3. The summed E-state index contributed by atoms with van der Waals surface area (Å²) in [6, 6.07) is 2.39. The number of esters is 2. The van der Waals surface area contributed by atoms with Crippen molar-refractivity contribution in [3.63, 3.8) is 0 Å². The lowest BCUT2D eigenvalue weighted by Crippen LogP contribution is -2.32. The second-order valence-corrected chi connectivity index (χ2v) is 8.65. The van der Waals surface area contributed by atoms with Gasteiger partial charge in [-0.2, -0.15) is 0 Å². The first kappa shape index (κ1) is 23.7. The lowest BCUT2D eigenvalue weighted by atomic mass is 9.79. The molecule has 1 aromatic carbocycles. The first-order valence-corrected chi connectivity index (χ1v) is 9.57. The Labute approximate surface area is 168 Å². The molecule has 156 valence electrons. The van der Waals surface area contributed by atoms with Crippen LogP contribution in [0.3, 0.4) is 0 Å². The number of hydrogen-bond acceptors (Lipinski definition) is 6. The van der Waals surface area contributed by atoms with Crippen molar-refractivity contribution >= 4 is 18.2 Å². The van der Waals surface area contributed by atoms with Crippen LogP contribution in [0.25, 0.3) is 0 Å². The van der Waals surface area contributed by atoms with Crippen LogP contribution in [0, 0.1) is 0 Å². The van der Waals surface area contributed by atoms with E-state index in [4.69, 9.17) is 9.47 Å². The van der Waals surface area contributed by atoms with E-state index in [1.54, 1.807) is 13.8 Å². The fourth-order valence-electron chi connectivity index (χ4n) is 2.58. The molecule has 1 N–H and O–H groups in total. The molecule has 0 aliphatic heterocycles. The van der Waals surface area contributed by atoms with Gasteiger partial charge < -0.3 is 14.6 Å². The normalized spacial score (nSPS) is 12.5. The van der Waals surface area contributed by atoms with Crippen molar-refractivity contribution in [2.45, 2.75) is 72.3 Å². The maximum atomic E-state index is 12.1. The van der Waals surface area contributed by atoms with E-state index in [0.29, 0.717) is 5.56 Å². The Hall–Kier alpha value is -2.37. The SMILES string of the molecule is CCOC(=O)C(N=Cc1cc(C(C)(C)C)cc(C(C)(C)C)c1O)C(=O)OCC. The van der Waals surface area contributed by atoms with Crippen LogP contribution in [0.2, 0.25) is 0 Å². The van der Waals surface area contributed by atoms with Crippen molar-refractivity contribution in [3.8, 4) is 5.75 Å². The van der Waals surface area contributed by atoms with Gasteiger partial charge in [0.05, 0.1) is 13.2 Å². The number of carbonyl (C=O) groups excluding carboxylic acids is 2. The Kier molecular flexibility index (Phi) is 7.79. The van der Waals surface area contributed by atoms with Gasteiger partial charge in [0.1, 0.15) is 5.75 Å². The monoisotopic (exact) mass is 391 g/mol. The van der Waals surface area contributed by atoms with Gasteiger partial charge in [-0.1, -0.05) is 47.6 Å². The Morgan fingerprint density at radius 3 is 1.89 bits per heavy atom. The number of aromatic hydroxyl groups is 1. The van der Waals surface area contributed by atoms with E-state index in [-0.39, 0.29) is 29.8 Å². The first-order valence-electron chi connectivity index (χ1n) is 9.57. The molecule has 0 aliphatic carbocycles. The topological polar surface area (TPSA) is 85.2 Å². The third-order valence-corrected chi connectivity index (χ3v) is 4.20. The molecule has 0 amide bonds. The van der Waals surface area contributed by atoms with E-state index in [2.05, 4.69) is 25.8 Å². The molecule has 0 saturated carbocycles. The molecule has 1 rings (SSSR count). The highest BCUT2D eigenvalue weighted by Gasteiger charge is 2.29. The van der Waals surface area contributed by atoms with E-state index in [1.165, 1.54) is 6.21 Å². The summed E-state index contributed by atoms with van der Waals surface area (Å²) < 4.78 is 9.86. The minimum absolute atomic E-state index is 0.0794. The molecule has 6 heteroatoms. The van der Waals surface area contributed by atoms with E-state index in [0.717, 1.165) is 11.1 Å². The second-order valence-electron chi connectivity index (χ2n) is 8.65. The molecule has 1 aromatic rings. The van der Waals surface area contributed by atoms with E-state index < -0.39 is 18.0 Å². The van der Waals surface area contributed by atoms with Crippen molar-refractivity contribution in [1.29, 1.82) is 0 Å². The lowest BCUT2D eigenvalue weighted by molar-refractivity contribution is -0.156. The second kappa shape index (κ2) is 9.22. The van der Waals surface area contributed by atoms with Crippen LogP contribution in [0.4, 0.5) is 0 Å². The number of phenols is 1. The van der Waals surface area contributed by atoms with Gasteiger partial charge >= 0.3 is 11.9 Å². The van der Waals surface area contributed by atoms with E-state index in [1.807, 2.05) is 32.9 Å². The molecule has 0 fully saturated rings. The quantitative estimate of drug-likeness (QED) is 0.452. The molecule has 6 nitrogen and oxygen atoms in total. The zero-order valence-corrected chi connectivity index (χ0v) is 18.3. The van der Waals surface area contributed by atoms with Crippen LogP contribution in [0.15, 0.2) is 17.1 Å². The summed E-state index contributed by atoms with van der Waals surface area (Å²) in [5, 5.41) is 10.8. The maximum absolute atomic E-state index is 12.1. The Morgan fingerprint density at radius 2 is 1.50 bits per heavy atom. The molecular weight excluding hydrogens is 358 g/mol. The van der Waals surface area contributed by atoms with Crippen molar-refractivity contribution in [3.05, 3.63) is 28.8 Å². The highest BCUT2D eigenvalue weighted by molar-refractivity contribution is 6.01. The lowest BCUT2D eigenvalue weighted by Gasteiger charge is -2.27. The van der Waals surface area contributed by atoms with Crippen molar-refractivity contribution in [2.24, 2.45) is 4.99 Å². The maximum Gasteiger partial charge on any atom is 0.342 e. The third kappa shape index (κ3) is 6.08. The number of phenolic OH excluding ortho intramolecular Hbond substituents is 1. The van der Waals surface area contributed by atoms with Crippen LogP contribution in [-0.4, -0.2) is 42.5 Å². The minimum atomic E-state index is -1.42. The van der Waals surface area contributed by atoms with Crippen molar-refractivity contribution in [1.82, 2.24) is 0 Å². The van der Waals surface area contributed by atoms with Gasteiger partial charge in [-0.3, -0.25) is 4.99 Å². The Bertz CT molecular complexity index is 721. The molecular formula is C22H33NO5. The average Bonchev–Trinajstić information content (AvgIpc) is 2.54. The smallest absolute Gasteiger partial charge is 0.342 e. The molecule has 0 aliphatic rings. The van der Waals surface area contributed by atoms with Gasteiger partial charge in [-0.25, -0.2) is 9.59 Å². The fourth-order valence-corrected chi connectivity index (χ4v) is 2.58. The van der Waals surface area contributed by atoms with Crippen molar-refractivity contribution < 1.29 is 24.2 Å². The molecule has 0 bridgehead atoms. The Morgan fingerprint density at radius 1 is 1.00 bits per heavy atom. The summed E-state index contributed by atoms with van der Waals surface area (Å²) in [5.74, 6) is -1.48. The number of carbonyl (C=O) groups is 2. The molecule has 28 heavy (non-hydrogen) atoms. The third-order valence-electron chi connectivity index (χ3n) is 4.20. The number of rotatable bonds is 6. The van der Waals surface area contributed by atoms with Crippen LogP contribution >= 0.6 is 0 Å². The molecule has 0 radical (unpaired) electrons. The van der Waals surface area contributed by atoms with Gasteiger partial charge in [-0.05, 0) is 36.3 Å². The number of aliphatic imine (C=N–C) groups is 1. The van der Waals surface area contributed by atoms with E-state index in [9.17, 15) is 14.7 Å². The van der Waals surface area contributed by atoms with Gasteiger partial charge in [-0.15, -0.1) is 0 Å². The summed E-state index contributed by atoms with van der Waals surface area (Å²) in [6.07, 6.45) is 1.35. The predicted octanol–water partition coefficient (Wildman–Crippen LogP) is 3.90. The number of hydrogen-bond donors (Lipinski definition) is 1. The predicted molar refractivity (Wildman–Crippen MR) is 110 cm³/mol. The molecule has 0 aromatic heterocycles. The van der Waals surface area contributed by atoms with E-state index >= 15 is 0 Å². The molecule has 0 atom stereocenters. The standard InChI is InChI=1S/C22H33NO5/c1-9-27-19(25)17(20(26)28-10-2)23-13-14-11-15(21(3,4)5)12-16(18(14)24)22(6,7)8/h11-13,17,24H,9-10H2,1-8H3. The van der Waals surface area contributed by atoms with Crippen LogP contribution in [-0.2, 0) is 29.9 Å². The van der Waals surface area contributed by atoms with Gasteiger partial charge in [0.25, 0.3) is 0 Å². The summed E-state index contributed by atoms with van der Waals surface area (Å²) in [7, 11) is 0. The average molecular weight is 392 g/mol. The van der Waals surface area contributed by atoms with Crippen LogP contribution in [0.1, 0.15) is 72.1 Å². The molecule has 0 unspecified atom stereocenters. The highest BCUT2D eigenvalue weighted by atomic mass is 16.6. The summed E-state index contributed by atoms with van der Waals surface area (Å²) in [6.45, 7) is 15.8. The molecule has 0 spiro atoms. The molecule has 0 heterocycles. The first-order chi connectivity index (χ1) is 12.8. The summed E-state index contributed by atoms with van der Waals surface area (Å²) >= 11 is 0. The van der Waals surface area contributed by atoms with Crippen LogP contribution < -0.4 is 0 Å². The van der Waals surface area contributed by atoms with Gasteiger partial charge in [0, 0.05) is 17.3 Å². The summed E-state index contributed by atoms with van der Waals surface area (Å²) in [5.41, 5.74) is 1.77. The zero-order chi connectivity index (χ0) is 21.7. The Balaban J connectivity index is 3.47. The zero-order valence-electron chi connectivity index (χ0n) is 18.3. The molecule has 0 saturated heterocycles. The largest absolute Gasteiger partial charge is 0.507 e. The number of nitrogens with zero attached hydrogens (tertiary/aromatic N) is 1. The number of benzene rings is 1. The highest BCUT2D eigenvalue weighted by Crippen LogP contribution is 2.37. The van der Waals surface area contributed by atoms with Crippen LogP contribution in [0.5, 0.6) is 5.75 Å². The van der Waals surface area contributed by atoms with Gasteiger partial charge in [0.15, 0.2) is 0 Å². The minimum Gasteiger partial charge on any atom is -0.507 e. The van der Waals surface area contributed by atoms with Gasteiger partial charge in [0.2, 0.25) is 6.04 Å². The van der Waals surface area contributed by atoms with Crippen molar-refractivity contribution in [2.75, 3.05) is 13.2 Å². The number of ether oxygens (including phenoxy) is 2. The fraction of sp³-hybridized carbons (Fsp3) is 0.591.